The summed E-state index contributed by atoms with van der Waals surface area (Å²) in [6.07, 6.45) is -1.91. The molecule has 0 saturated heterocycles. The molecule has 1 aliphatic rings. The van der Waals surface area contributed by atoms with Crippen LogP contribution in [-0.2, 0) is 11.2 Å². The number of hydrogen-bond acceptors (Lipinski definition) is 2. The topological polar surface area (TPSA) is 46.5 Å². The summed E-state index contributed by atoms with van der Waals surface area (Å²) in [6, 6.07) is 4.56. The van der Waals surface area contributed by atoms with E-state index in [0.29, 0.717) is 0 Å². The van der Waals surface area contributed by atoms with E-state index in [9.17, 15) is 31.1 Å². The number of allylic oxidation sites excluding steroid dienone is 1. The quantitative estimate of drug-likeness (QED) is 0.589. The van der Waals surface area contributed by atoms with Gasteiger partial charge in [0.2, 0.25) is 0 Å². The van der Waals surface area contributed by atoms with Crippen molar-refractivity contribution in [3.8, 4) is 5.75 Å². The first-order valence-corrected chi connectivity index (χ1v) is 8.92. The maximum absolute atomic E-state index is 14.2. The molecule has 0 spiro atoms. The van der Waals surface area contributed by atoms with Crippen LogP contribution in [0.3, 0.4) is 0 Å². The van der Waals surface area contributed by atoms with Crippen molar-refractivity contribution in [2.24, 2.45) is 0 Å². The van der Waals surface area contributed by atoms with Crippen LogP contribution in [0.25, 0.3) is 5.57 Å². The molecule has 9 heteroatoms. The predicted molar refractivity (Wildman–Crippen MR) is 95.3 cm³/mol. The summed E-state index contributed by atoms with van der Waals surface area (Å²) in [5.74, 6) is -9.61. The lowest BCUT2D eigenvalue weighted by atomic mass is 10.0. The number of alkyl halides is 2. The molecule has 30 heavy (non-hydrogen) atoms. The Labute approximate surface area is 167 Å². The summed E-state index contributed by atoms with van der Waals surface area (Å²) in [5, 5.41) is 8.64. The average Bonchev–Trinajstić information content (AvgIpc) is 2.96. The molecular weight excluding hydrogens is 414 g/mol. The average molecular weight is 430 g/mol. The number of carboxylic acid groups (broad SMARTS) is 1. The van der Waals surface area contributed by atoms with Crippen molar-refractivity contribution in [3.63, 3.8) is 0 Å². The molecule has 3 rings (SSSR count). The van der Waals surface area contributed by atoms with Gasteiger partial charge in [-0.1, -0.05) is 6.07 Å². The number of carbonyl (C=O) groups is 1. The largest absolute Gasteiger partial charge is 0.483 e. The highest BCUT2D eigenvalue weighted by Crippen LogP contribution is 2.44. The normalized spacial score (nSPS) is 15.5. The fraction of sp³-hybridized carbons (Fsp3) is 0.286. The summed E-state index contributed by atoms with van der Waals surface area (Å²) in [5.41, 5.74) is 0.182. The second-order valence-electron chi connectivity index (χ2n) is 6.99. The molecule has 0 saturated carbocycles. The van der Waals surface area contributed by atoms with Crippen LogP contribution in [0, 0.1) is 23.3 Å². The third-order valence-electron chi connectivity index (χ3n) is 4.68. The van der Waals surface area contributed by atoms with E-state index in [0.717, 1.165) is 30.3 Å². The maximum Gasteiger partial charge on any atom is 0.303 e. The molecule has 0 heterocycles. The summed E-state index contributed by atoms with van der Waals surface area (Å²) < 4.78 is 88.1. The molecule has 0 atom stereocenters. The molecule has 0 aromatic heterocycles. The van der Waals surface area contributed by atoms with Crippen molar-refractivity contribution in [1.82, 2.24) is 0 Å². The van der Waals surface area contributed by atoms with E-state index in [1.54, 1.807) is 0 Å². The van der Waals surface area contributed by atoms with Gasteiger partial charge < -0.3 is 9.84 Å². The zero-order valence-electron chi connectivity index (χ0n) is 15.5. The number of aliphatic carboxylic acids is 1. The number of benzene rings is 2. The Morgan fingerprint density at radius 2 is 1.63 bits per heavy atom. The fourth-order valence-corrected chi connectivity index (χ4v) is 3.30. The SMILES string of the molecule is O=C(O)CCc1cc(F)c(OCC2=C(c3ccc(F)c(F)c3)CC(F)(F)C2)c(F)c1. The molecule has 1 N–H and O–H groups in total. The van der Waals surface area contributed by atoms with Crippen molar-refractivity contribution in [1.29, 1.82) is 0 Å². The van der Waals surface area contributed by atoms with Crippen molar-refractivity contribution in [3.05, 3.63) is 70.3 Å². The summed E-state index contributed by atoms with van der Waals surface area (Å²) in [6.45, 7) is -0.577. The second-order valence-corrected chi connectivity index (χ2v) is 6.99. The molecule has 0 unspecified atom stereocenters. The van der Waals surface area contributed by atoms with Crippen molar-refractivity contribution >= 4 is 11.5 Å². The van der Waals surface area contributed by atoms with Crippen LogP contribution in [0.2, 0.25) is 0 Å². The van der Waals surface area contributed by atoms with Crippen LogP contribution in [0.5, 0.6) is 5.75 Å². The van der Waals surface area contributed by atoms with Gasteiger partial charge >= 0.3 is 5.97 Å². The number of rotatable bonds is 7. The zero-order chi connectivity index (χ0) is 22.1. The van der Waals surface area contributed by atoms with Gasteiger partial charge in [-0.15, -0.1) is 0 Å². The number of aryl methyl sites for hydroxylation is 1. The third-order valence-corrected chi connectivity index (χ3v) is 4.68. The Bertz CT molecular complexity index is 993. The molecular formula is C21H16F6O3. The lowest BCUT2D eigenvalue weighted by Gasteiger charge is -2.12. The third kappa shape index (κ3) is 4.95. The number of halogens is 6. The highest BCUT2D eigenvalue weighted by Gasteiger charge is 2.40. The van der Waals surface area contributed by atoms with E-state index in [-0.39, 0.29) is 35.1 Å². The Hall–Kier alpha value is -2.97. The summed E-state index contributed by atoms with van der Waals surface area (Å²) in [7, 11) is 0. The van der Waals surface area contributed by atoms with Crippen LogP contribution in [0.4, 0.5) is 26.3 Å². The van der Waals surface area contributed by atoms with Gasteiger partial charge in [0.25, 0.3) is 5.92 Å². The monoisotopic (exact) mass is 430 g/mol. The lowest BCUT2D eigenvalue weighted by molar-refractivity contribution is -0.136. The Morgan fingerprint density at radius 3 is 2.23 bits per heavy atom. The minimum Gasteiger partial charge on any atom is -0.483 e. The molecule has 0 bridgehead atoms. The van der Waals surface area contributed by atoms with Gasteiger partial charge in [0.15, 0.2) is 29.0 Å². The number of hydrogen-bond donors (Lipinski definition) is 1. The van der Waals surface area contributed by atoms with E-state index in [4.69, 9.17) is 9.84 Å². The van der Waals surface area contributed by atoms with Gasteiger partial charge in [-0.3, -0.25) is 4.79 Å². The van der Waals surface area contributed by atoms with E-state index in [2.05, 4.69) is 0 Å². The predicted octanol–water partition coefficient (Wildman–Crippen LogP) is 5.52. The second kappa shape index (κ2) is 8.41. The smallest absolute Gasteiger partial charge is 0.303 e. The van der Waals surface area contributed by atoms with Crippen molar-refractivity contribution in [2.45, 2.75) is 31.6 Å². The molecule has 0 fully saturated rings. The molecule has 2 aromatic rings. The molecule has 2 aromatic carbocycles. The molecule has 0 aliphatic heterocycles. The van der Waals surface area contributed by atoms with Crippen molar-refractivity contribution in [2.75, 3.05) is 6.61 Å². The zero-order valence-corrected chi connectivity index (χ0v) is 15.5. The van der Waals surface area contributed by atoms with Crippen LogP contribution in [-0.4, -0.2) is 23.6 Å². The highest BCUT2D eigenvalue weighted by atomic mass is 19.3. The van der Waals surface area contributed by atoms with Gasteiger partial charge in [0, 0.05) is 19.3 Å². The fourth-order valence-electron chi connectivity index (χ4n) is 3.30. The Morgan fingerprint density at radius 1 is 0.967 bits per heavy atom. The molecule has 0 radical (unpaired) electrons. The van der Waals surface area contributed by atoms with E-state index in [1.165, 1.54) is 0 Å². The van der Waals surface area contributed by atoms with Crippen LogP contribution in [0.15, 0.2) is 35.9 Å². The van der Waals surface area contributed by atoms with E-state index >= 15 is 0 Å². The Kier molecular flexibility index (Phi) is 6.09. The highest BCUT2D eigenvalue weighted by molar-refractivity contribution is 5.72. The molecule has 160 valence electrons. The Balaban J connectivity index is 1.83. The van der Waals surface area contributed by atoms with E-state index < -0.39 is 60.4 Å². The van der Waals surface area contributed by atoms with Crippen molar-refractivity contribution < 1.29 is 41.0 Å². The molecule has 1 aliphatic carbocycles. The van der Waals surface area contributed by atoms with Gasteiger partial charge in [-0.05, 0) is 53.0 Å². The van der Waals surface area contributed by atoms with Gasteiger partial charge in [0.1, 0.15) is 6.61 Å². The summed E-state index contributed by atoms with van der Waals surface area (Å²) >= 11 is 0. The lowest BCUT2D eigenvalue weighted by Crippen LogP contribution is -2.12. The minimum absolute atomic E-state index is 0.0137. The molecule has 0 amide bonds. The maximum atomic E-state index is 14.2. The van der Waals surface area contributed by atoms with Crippen LogP contribution < -0.4 is 4.74 Å². The number of carboxylic acids is 1. The number of ether oxygens (including phenoxy) is 1. The first kappa shape index (κ1) is 21.7. The van der Waals surface area contributed by atoms with Crippen LogP contribution >= 0.6 is 0 Å². The molecule has 3 nitrogen and oxygen atoms in total. The van der Waals surface area contributed by atoms with E-state index in [1.807, 2.05) is 0 Å². The van der Waals surface area contributed by atoms with Crippen LogP contribution in [0.1, 0.15) is 30.4 Å². The van der Waals surface area contributed by atoms with Gasteiger partial charge in [-0.2, -0.15) is 0 Å². The minimum atomic E-state index is -3.16. The first-order valence-electron chi connectivity index (χ1n) is 8.92. The van der Waals surface area contributed by atoms with Gasteiger partial charge in [-0.25, -0.2) is 26.3 Å². The van der Waals surface area contributed by atoms with Gasteiger partial charge in [0.05, 0.1) is 0 Å². The summed E-state index contributed by atoms with van der Waals surface area (Å²) in [4.78, 5) is 10.6. The standard InChI is InChI=1S/C21H16F6O3/c22-15-3-2-12(7-16(15)23)14-9-21(26,27)8-13(14)10-30-20-17(24)5-11(6-18(20)25)1-4-19(28)29/h2-3,5-7H,1,4,8-10H2,(H,28,29). The first-order chi connectivity index (χ1) is 14.1.